The Morgan fingerprint density at radius 1 is 1.34 bits per heavy atom. The summed E-state index contributed by atoms with van der Waals surface area (Å²) in [5.74, 6) is 0.743. The summed E-state index contributed by atoms with van der Waals surface area (Å²) in [5.41, 5.74) is 17.6. The van der Waals surface area contributed by atoms with Gasteiger partial charge in [0.15, 0.2) is 11.6 Å². The Kier molecular flexibility index (Phi) is 7.12. The summed E-state index contributed by atoms with van der Waals surface area (Å²) in [6, 6.07) is 6.23. The molecule has 2 bridgehead atoms. The van der Waals surface area contributed by atoms with E-state index in [4.69, 9.17) is 38.2 Å². The quantitative estimate of drug-likeness (QED) is 0.447. The molecule has 1 fully saturated rings. The SMILES string of the molecule is CN/C1=C(\C(=N)Cl)CC(=C(C)N)C(=NCC2CC2)c2cnc(N)c(c2)OC(C)c2cc(F)ccc21. The molecule has 1 unspecified atom stereocenters. The zero-order valence-corrected chi connectivity index (χ0v) is 20.8. The first-order valence-corrected chi connectivity index (χ1v) is 11.9. The number of nitrogens with two attached hydrogens (primary N) is 2. The Morgan fingerprint density at radius 2 is 2.09 bits per heavy atom. The second-order valence-corrected chi connectivity index (χ2v) is 9.37. The van der Waals surface area contributed by atoms with E-state index in [0.29, 0.717) is 57.6 Å². The van der Waals surface area contributed by atoms with Gasteiger partial charge in [-0.15, -0.1) is 0 Å². The highest BCUT2D eigenvalue weighted by atomic mass is 35.5. The fraction of sp³-hybridized carbons (Fsp3) is 0.346. The zero-order valence-electron chi connectivity index (χ0n) is 20.1. The number of anilines is 1. The highest BCUT2D eigenvalue weighted by Crippen LogP contribution is 2.36. The van der Waals surface area contributed by atoms with Crippen molar-refractivity contribution < 1.29 is 9.13 Å². The molecule has 0 saturated heterocycles. The van der Waals surface area contributed by atoms with E-state index in [9.17, 15) is 4.39 Å². The number of rotatable bonds is 4. The van der Waals surface area contributed by atoms with Crippen LogP contribution in [0.5, 0.6) is 5.75 Å². The van der Waals surface area contributed by atoms with Crippen LogP contribution in [0.1, 0.15) is 55.9 Å². The van der Waals surface area contributed by atoms with Gasteiger partial charge in [-0.25, -0.2) is 9.37 Å². The van der Waals surface area contributed by atoms with E-state index in [1.54, 1.807) is 32.3 Å². The molecular weight excluding hydrogens is 467 g/mol. The van der Waals surface area contributed by atoms with Crippen LogP contribution in [-0.2, 0) is 0 Å². The van der Waals surface area contributed by atoms with Crippen molar-refractivity contribution in [3.05, 3.63) is 69.8 Å². The van der Waals surface area contributed by atoms with Crippen LogP contribution in [0.25, 0.3) is 5.70 Å². The van der Waals surface area contributed by atoms with E-state index < -0.39 is 11.9 Å². The van der Waals surface area contributed by atoms with Gasteiger partial charge >= 0.3 is 0 Å². The molecule has 2 aliphatic rings. The Hall–Kier alpha value is -3.39. The Morgan fingerprint density at radius 3 is 2.71 bits per heavy atom. The van der Waals surface area contributed by atoms with E-state index in [2.05, 4.69) is 10.3 Å². The molecule has 1 aliphatic carbocycles. The van der Waals surface area contributed by atoms with Gasteiger partial charge in [-0.3, -0.25) is 10.4 Å². The first kappa shape index (κ1) is 24.7. The van der Waals surface area contributed by atoms with Crippen LogP contribution in [0.3, 0.4) is 0 Å². The third-order valence-electron chi connectivity index (χ3n) is 6.32. The van der Waals surface area contributed by atoms with Crippen LogP contribution in [-0.4, -0.2) is 29.5 Å². The number of benzene rings is 1. The molecule has 2 heterocycles. The predicted octanol–water partition coefficient (Wildman–Crippen LogP) is 4.92. The van der Waals surface area contributed by atoms with E-state index in [-0.39, 0.29) is 17.4 Å². The van der Waals surface area contributed by atoms with Gasteiger partial charge < -0.3 is 21.5 Å². The van der Waals surface area contributed by atoms with Crippen LogP contribution >= 0.6 is 11.6 Å². The summed E-state index contributed by atoms with van der Waals surface area (Å²) in [7, 11) is 1.74. The van der Waals surface area contributed by atoms with Crippen molar-refractivity contribution in [2.24, 2.45) is 16.6 Å². The summed E-state index contributed by atoms with van der Waals surface area (Å²) in [6.45, 7) is 4.28. The normalized spacial score (nSPS) is 23.0. The van der Waals surface area contributed by atoms with Gasteiger partial charge in [0.2, 0.25) is 0 Å². The van der Waals surface area contributed by atoms with Crippen LogP contribution in [0.4, 0.5) is 10.2 Å². The number of pyridine rings is 1. The van der Waals surface area contributed by atoms with Crippen molar-refractivity contribution >= 4 is 34.0 Å². The molecule has 7 nitrogen and oxygen atoms in total. The molecule has 1 atom stereocenters. The monoisotopic (exact) mass is 496 g/mol. The maximum Gasteiger partial charge on any atom is 0.166 e. The Bertz CT molecular complexity index is 1260. The van der Waals surface area contributed by atoms with Crippen molar-refractivity contribution in [3.63, 3.8) is 0 Å². The van der Waals surface area contributed by atoms with Crippen molar-refractivity contribution in [1.29, 1.82) is 5.41 Å². The first-order valence-electron chi connectivity index (χ1n) is 11.6. The molecule has 1 aliphatic heterocycles. The van der Waals surface area contributed by atoms with Crippen molar-refractivity contribution in [2.45, 2.75) is 39.2 Å². The number of nitrogens with one attached hydrogen (secondary N) is 2. The van der Waals surface area contributed by atoms with E-state index >= 15 is 0 Å². The smallest absolute Gasteiger partial charge is 0.166 e. The van der Waals surface area contributed by atoms with Crippen LogP contribution < -0.4 is 21.5 Å². The molecule has 6 N–H and O–H groups in total. The van der Waals surface area contributed by atoms with Gasteiger partial charge in [0.05, 0.1) is 5.71 Å². The average Bonchev–Trinajstić information content (AvgIpc) is 3.63. The predicted molar refractivity (Wildman–Crippen MR) is 139 cm³/mol. The first-order chi connectivity index (χ1) is 16.7. The van der Waals surface area contributed by atoms with Gasteiger partial charge in [-0.2, -0.15) is 0 Å². The van der Waals surface area contributed by atoms with Crippen molar-refractivity contribution in [1.82, 2.24) is 10.3 Å². The van der Waals surface area contributed by atoms with Gasteiger partial charge in [0.25, 0.3) is 0 Å². The molecule has 4 rings (SSSR count). The van der Waals surface area contributed by atoms with Crippen LogP contribution in [0.15, 0.2) is 52.3 Å². The topological polar surface area (TPSA) is 122 Å². The molecule has 35 heavy (non-hydrogen) atoms. The number of aliphatic imine (C=N–C) groups is 1. The van der Waals surface area contributed by atoms with E-state index in [1.807, 2.05) is 6.92 Å². The summed E-state index contributed by atoms with van der Waals surface area (Å²) >= 11 is 6.35. The summed E-state index contributed by atoms with van der Waals surface area (Å²) in [6.07, 6.45) is 3.62. The van der Waals surface area contributed by atoms with Crippen LogP contribution in [0.2, 0.25) is 0 Å². The molecular formula is C26H30ClFN6O. The molecule has 0 amide bonds. The summed E-state index contributed by atoms with van der Waals surface area (Å²) in [4.78, 5) is 9.29. The largest absolute Gasteiger partial charge is 0.482 e. The van der Waals surface area contributed by atoms with Gasteiger partial charge in [0.1, 0.15) is 17.1 Å². The molecule has 184 valence electrons. The maximum absolute atomic E-state index is 14.3. The fourth-order valence-corrected chi connectivity index (χ4v) is 4.38. The minimum absolute atomic E-state index is 0.147. The standard InChI is InChI=1S/C26H30ClFN6O/c1-13(29)19-10-21(25(27)30)24(32-3)18-7-6-17(28)9-20(18)14(2)35-22-8-16(12-34-26(22)31)23(19)33-11-15-4-5-15/h6-9,12,14-15,30,32H,4-5,10-11,29H2,1-3H3,(H2,31,34)/b19-13?,24-21-,30-25?,33-23?. The molecule has 2 aromatic rings. The summed E-state index contributed by atoms with van der Waals surface area (Å²) < 4.78 is 20.6. The lowest BCUT2D eigenvalue weighted by atomic mass is 9.90. The third kappa shape index (κ3) is 5.32. The Balaban J connectivity index is 2.02. The number of nitrogen functional groups attached to an aromatic ring is 1. The minimum atomic E-state index is -0.577. The van der Waals surface area contributed by atoms with E-state index in [1.165, 1.54) is 12.1 Å². The van der Waals surface area contributed by atoms with Gasteiger partial charge in [-0.1, -0.05) is 11.6 Å². The number of allylic oxidation sites excluding steroid dienone is 3. The molecule has 0 radical (unpaired) electrons. The molecule has 0 spiro atoms. The van der Waals surface area contributed by atoms with Crippen molar-refractivity contribution in [2.75, 3.05) is 19.3 Å². The lowest BCUT2D eigenvalue weighted by Crippen LogP contribution is -2.20. The number of fused-ring (bicyclic) bond motifs is 3. The number of nitrogens with zero attached hydrogens (tertiary/aromatic N) is 2. The average molecular weight is 497 g/mol. The fourth-order valence-electron chi connectivity index (χ4n) is 4.22. The minimum Gasteiger partial charge on any atom is -0.482 e. The lowest BCUT2D eigenvalue weighted by Gasteiger charge is -2.25. The number of aromatic nitrogens is 1. The lowest BCUT2D eigenvalue weighted by molar-refractivity contribution is 0.226. The summed E-state index contributed by atoms with van der Waals surface area (Å²) in [5, 5.41) is 11.4. The molecule has 1 saturated carbocycles. The zero-order chi connectivity index (χ0) is 25.3. The maximum atomic E-state index is 14.3. The number of hydrogen-bond acceptors (Lipinski definition) is 7. The molecule has 9 heteroatoms. The highest BCUT2D eigenvalue weighted by molar-refractivity contribution is 6.69. The second-order valence-electron chi connectivity index (χ2n) is 8.99. The Labute approximate surface area is 209 Å². The third-order valence-corrected chi connectivity index (χ3v) is 6.54. The van der Waals surface area contributed by atoms with Gasteiger partial charge in [0, 0.05) is 65.4 Å². The molecule has 1 aromatic heterocycles. The van der Waals surface area contributed by atoms with E-state index in [0.717, 1.165) is 18.4 Å². The number of hydrogen-bond donors (Lipinski definition) is 4. The second kappa shape index (κ2) is 10.1. The number of ether oxygens (including phenoxy) is 1. The number of halogens is 2. The molecule has 1 aromatic carbocycles. The highest BCUT2D eigenvalue weighted by Gasteiger charge is 2.26. The van der Waals surface area contributed by atoms with Gasteiger partial charge in [-0.05, 0) is 56.9 Å². The van der Waals surface area contributed by atoms with Crippen LogP contribution in [0, 0.1) is 17.1 Å². The van der Waals surface area contributed by atoms with Crippen molar-refractivity contribution in [3.8, 4) is 5.75 Å².